The molecule has 0 fully saturated rings. The van der Waals surface area contributed by atoms with E-state index in [1.54, 1.807) is 41.3 Å². The van der Waals surface area contributed by atoms with E-state index in [1.807, 2.05) is 60.7 Å². The second-order valence-electron chi connectivity index (χ2n) is 11.4. The van der Waals surface area contributed by atoms with Crippen molar-refractivity contribution in [2.24, 2.45) is 0 Å². The summed E-state index contributed by atoms with van der Waals surface area (Å²) in [6, 6.07) is 30.5. The lowest BCUT2D eigenvalue weighted by molar-refractivity contribution is -0.138. The van der Waals surface area contributed by atoms with E-state index < -0.39 is 29.8 Å². The van der Waals surface area contributed by atoms with Crippen LogP contribution in [0.2, 0.25) is 5.02 Å². The summed E-state index contributed by atoms with van der Waals surface area (Å²) >= 11 is 6.53. The second kappa shape index (κ2) is 14.1. The first kappa shape index (κ1) is 31.8. The van der Waals surface area contributed by atoms with E-state index in [0.29, 0.717) is 39.6 Å². The molecule has 0 bridgehead atoms. The number of rotatable bonds is 9. The van der Waals surface area contributed by atoms with Crippen LogP contribution in [0, 0.1) is 5.82 Å². The molecular weight excluding hydrogens is 619 g/mol. The highest BCUT2D eigenvalue weighted by Crippen LogP contribution is 2.40. The molecule has 4 aromatic carbocycles. The topological polar surface area (TPSA) is 101 Å². The van der Waals surface area contributed by atoms with Gasteiger partial charge in [-0.25, -0.2) is 4.39 Å². The predicted molar refractivity (Wildman–Crippen MR) is 178 cm³/mol. The van der Waals surface area contributed by atoms with Gasteiger partial charge < -0.3 is 20.3 Å². The summed E-state index contributed by atoms with van der Waals surface area (Å²) in [7, 11) is 0. The number of nitrogens with one attached hydrogen (secondary N) is 2. The fourth-order valence-corrected chi connectivity index (χ4v) is 5.83. The summed E-state index contributed by atoms with van der Waals surface area (Å²) < 4.78 is 20.8. The number of carbonyl (C=O) groups excluding carboxylic acids is 3. The van der Waals surface area contributed by atoms with E-state index >= 15 is 0 Å². The number of hydrogen-bond donors (Lipinski definition) is 2. The van der Waals surface area contributed by atoms with Crippen LogP contribution in [0.4, 0.5) is 10.1 Å². The molecule has 8 nitrogen and oxygen atoms in total. The van der Waals surface area contributed by atoms with Gasteiger partial charge in [0.25, 0.3) is 5.91 Å². The SMILES string of the molecule is CC(=O)NCc1cccc(C2OC(CC(=O)NCc3ccccc3F)C(=O)N(Cc3ccc4ccccc4n3)c3ccc(Cl)cc32)c1. The van der Waals surface area contributed by atoms with Crippen molar-refractivity contribution in [1.82, 2.24) is 15.6 Å². The third-order valence-corrected chi connectivity index (χ3v) is 8.22. The molecule has 6 rings (SSSR count). The number of carbonyl (C=O) groups is 3. The second-order valence-corrected chi connectivity index (χ2v) is 11.8. The standard InChI is InChI=1S/C37H32ClFN4O4/c1-23(44)40-20-24-7-6-10-26(17-24)36-30-18-28(38)14-16-33(30)43(22-29-15-13-25-8-3-5-12-32(25)42-29)37(46)34(47-36)19-35(45)41-21-27-9-2-4-11-31(27)39/h2-18,34,36H,19-22H2,1H3,(H,40,44)(H,41,45). The Morgan fingerprint density at radius 2 is 1.72 bits per heavy atom. The molecule has 47 heavy (non-hydrogen) atoms. The van der Waals surface area contributed by atoms with Gasteiger partial charge in [0.05, 0.1) is 29.9 Å². The summed E-state index contributed by atoms with van der Waals surface area (Å²) in [5.74, 6) is -1.50. The van der Waals surface area contributed by atoms with E-state index in [2.05, 4.69) is 10.6 Å². The van der Waals surface area contributed by atoms with E-state index in [1.165, 1.54) is 13.0 Å². The number of ether oxygens (including phenoxy) is 1. The fourth-order valence-electron chi connectivity index (χ4n) is 5.65. The Labute approximate surface area is 276 Å². The van der Waals surface area contributed by atoms with Gasteiger partial charge in [0, 0.05) is 41.5 Å². The molecule has 0 spiro atoms. The first-order valence-corrected chi connectivity index (χ1v) is 15.6. The molecule has 0 saturated carbocycles. The monoisotopic (exact) mass is 650 g/mol. The van der Waals surface area contributed by atoms with Crippen LogP contribution in [0.1, 0.15) is 47.4 Å². The largest absolute Gasteiger partial charge is 0.355 e. The van der Waals surface area contributed by atoms with Crippen LogP contribution in [-0.4, -0.2) is 28.8 Å². The van der Waals surface area contributed by atoms with Gasteiger partial charge in [-0.2, -0.15) is 0 Å². The Balaban J connectivity index is 1.38. The van der Waals surface area contributed by atoms with Crippen molar-refractivity contribution in [2.75, 3.05) is 4.90 Å². The summed E-state index contributed by atoms with van der Waals surface area (Å²) in [5, 5.41) is 6.95. The number of anilines is 1. The average molecular weight is 651 g/mol. The Bertz CT molecular complexity index is 1970. The zero-order valence-corrected chi connectivity index (χ0v) is 26.3. The molecule has 2 N–H and O–H groups in total. The number of aromatic nitrogens is 1. The lowest BCUT2D eigenvalue weighted by atomic mass is 9.97. The number of benzene rings is 4. The van der Waals surface area contributed by atoms with E-state index in [0.717, 1.165) is 16.5 Å². The molecule has 1 aliphatic heterocycles. The van der Waals surface area contributed by atoms with Gasteiger partial charge in [0.2, 0.25) is 11.8 Å². The minimum atomic E-state index is -1.20. The normalized spacial score (nSPS) is 16.0. The summed E-state index contributed by atoms with van der Waals surface area (Å²) in [6.07, 6.45) is -2.30. The summed E-state index contributed by atoms with van der Waals surface area (Å²) in [5.41, 5.74) is 4.52. The highest BCUT2D eigenvalue weighted by molar-refractivity contribution is 6.30. The highest BCUT2D eigenvalue weighted by atomic mass is 35.5. The summed E-state index contributed by atoms with van der Waals surface area (Å²) in [4.78, 5) is 45.7. The minimum absolute atomic E-state index is 0.0401. The molecule has 10 heteroatoms. The Morgan fingerprint density at radius 3 is 2.55 bits per heavy atom. The molecule has 5 aromatic rings. The maximum Gasteiger partial charge on any atom is 0.257 e. The maximum atomic E-state index is 14.4. The van der Waals surface area contributed by atoms with Gasteiger partial charge in [-0.15, -0.1) is 0 Å². The third kappa shape index (κ3) is 7.48. The molecule has 2 unspecified atom stereocenters. The van der Waals surface area contributed by atoms with Crippen LogP contribution < -0.4 is 15.5 Å². The quantitative estimate of drug-likeness (QED) is 0.193. The lowest BCUT2D eigenvalue weighted by Gasteiger charge is -2.25. The van der Waals surface area contributed by atoms with Crippen molar-refractivity contribution in [2.45, 2.75) is 45.2 Å². The van der Waals surface area contributed by atoms with Gasteiger partial charge in [0.1, 0.15) is 18.0 Å². The van der Waals surface area contributed by atoms with E-state index in [-0.39, 0.29) is 25.4 Å². The van der Waals surface area contributed by atoms with Crippen molar-refractivity contribution >= 4 is 45.9 Å². The van der Waals surface area contributed by atoms with Crippen LogP contribution >= 0.6 is 11.6 Å². The average Bonchev–Trinajstić information content (AvgIpc) is 3.17. The van der Waals surface area contributed by atoms with Gasteiger partial charge in [-0.05, 0) is 47.5 Å². The molecule has 2 heterocycles. The van der Waals surface area contributed by atoms with E-state index in [9.17, 15) is 18.8 Å². The molecule has 1 aliphatic rings. The van der Waals surface area contributed by atoms with Crippen LogP contribution in [0.3, 0.4) is 0 Å². The molecule has 0 radical (unpaired) electrons. The third-order valence-electron chi connectivity index (χ3n) is 7.98. The predicted octanol–water partition coefficient (Wildman–Crippen LogP) is 6.39. The first-order chi connectivity index (χ1) is 22.7. The van der Waals surface area contributed by atoms with Crippen molar-refractivity contribution in [3.8, 4) is 0 Å². The molecule has 3 amide bonds. The van der Waals surface area contributed by atoms with Crippen LogP contribution in [0.25, 0.3) is 10.9 Å². The smallest absolute Gasteiger partial charge is 0.257 e. The summed E-state index contributed by atoms with van der Waals surface area (Å²) in [6.45, 7) is 1.83. The zero-order chi connectivity index (χ0) is 32.9. The van der Waals surface area contributed by atoms with Crippen molar-refractivity contribution in [3.63, 3.8) is 0 Å². The lowest BCUT2D eigenvalue weighted by Crippen LogP contribution is -2.42. The molecule has 238 valence electrons. The number of hydrogen-bond acceptors (Lipinski definition) is 5. The fraction of sp³-hybridized carbons (Fsp3) is 0.189. The van der Waals surface area contributed by atoms with Crippen LogP contribution in [0.5, 0.6) is 0 Å². The maximum absolute atomic E-state index is 14.4. The van der Waals surface area contributed by atoms with Crippen LogP contribution in [-0.2, 0) is 38.8 Å². The highest BCUT2D eigenvalue weighted by Gasteiger charge is 2.38. The number of nitrogens with zero attached hydrogens (tertiary/aromatic N) is 2. The Kier molecular flexibility index (Phi) is 9.56. The van der Waals surface area contributed by atoms with Gasteiger partial charge in [-0.1, -0.05) is 78.3 Å². The number of fused-ring (bicyclic) bond motifs is 2. The minimum Gasteiger partial charge on any atom is -0.355 e. The van der Waals surface area contributed by atoms with E-state index in [4.69, 9.17) is 21.3 Å². The molecule has 0 saturated heterocycles. The Hall–Kier alpha value is -5.12. The van der Waals surface area contributed by atoms with Gasteiger partial charge in [-0.3, -0.25) is 19.4 Å². The molecule has 2 atom stereocenters. The molecular formula is C37H32ClFN4O4. The first-order valence-electron chi connectivity index (χ1n) is 15.2. The number of pyridine rings is 1. The number of amides is 3. The number of para-hydroxylation sites is 1. The molecule has 0 aliphatic carbocycles. The van der Waals surface area contributed by atoms with Crippen molar-refractivity contribution in [1.29, 1.82) is 0 Å². The van der Waals surface area contributed by atoms with Crippen molar-refractivity contribution in [3.05, 3.63) is 142 Å². The molecule has 1 aromatic heterocycles. The Morgan fingerprint density at radius 1 is 0.915 bits per heavy atom. The van der Waals surface area contributed by atoms with Crippen LogP contribution in [0.15, 0.2) is 103 Å². The van der Waals surface area contributed by atoms with Gasteiger partial charge in [0.15, 0.2) is 0 Å². The van der Waals surface area contributed by atoms with Gasteiger partial charge >= 0.3 is 0 Å². The number of halogens is 2. The van der Waals surface area contributed by atoms with Crippen molar-refractivity contribution < 1.29 is 23.5 Å². The zero-order valence-electron chi connectivity index (χ0n) is 25.6.